The average molecular weight is 384 g/mol. The maximum absolute atomic E-state index is 14.1. The summed E-state index contributed by atoms with van der Waals surface area (Å²) in [7, 11) is 1.58. The van der Waals surface area contributed by atoms with E-state index in [2.05, 4.69) is 4.98 Å². The van der Waals surface area contributed by atoms with E-state index in [-0.39, 0.29) is 17.8 Å². The van der Waals surface area contributed by atoms with Crippen molar-refractivity contribution in [3.63, 3.8) is 0 Å². The summed E-state index contributed by atoms with van der Waals surface area (Å²) < 4.78 is 26.3. The molecule has 5 nitrogen and oxygen atoms in total. The average Bonchev–Trinajstić information content (AvgIpc) is 3.32. The van der Waals surface area contributed by atoms with Gasteiger partial charge in [0.25, 0.3) is 5.56 Å². The molecule has 27 heavy (non-hydrogen) atoms. The van der Waals surface area contributed by atoms with E-state index in [0.717, 1.165) is 5.56 Å². The van der Waals surface area contributed by atoms with Crippen LogP contribution in [0.3, 0.4) is 0 Å². The van der Waals surface area contributed by atoms with E-state index < -0.39 is 0 Å². The summed E-state index contributed by atoms with van der Waals surface area (Å²) in [6, 6.07) is 10.1. The topological polar surface area (TPSA) is 57.3 Å². The number of aromatic nitrogens is 2. The Labute approximate surface area is 158 Å². The van der Waals surface area contributed by atoms with Gasteiger partial charge in [-0.3, -0.25) is 9.36 Å². The number of nitrogens with zero attached hydrogens (tertiary/aromatic N) is 2. The first kappa shape index (κ1) is 17.6. The van der Waals surface area contributed by atoms with Crippen molar-refractivity contribution < 1.29 is 13.5 Å². The van der Waals surface area contributed by atoms with Crippen molar-refractivity contribution in [2.24, 2.45) is 0 Å². The van der Waals surface area contributed by atoms with Crippen molar-refractivity contribution in [3.05, 3.63) is 75.6 Å². The molecule has 0 aliphatic heterocycles. The standard InChI is InChI=1S/C20H17FN2O3S/c1-25-10-8-23-17(11-13-5-2-3-6-15(13)21)22-19-18(20(23)24)14(12-27-19)16-7-4-9-26-16/h2-7,9,12H,8,10-11H2,1H3. The molecule has 3 heterocycles. The number of halogens is 1. The lowest BCUT2D eigenvalue weighted by Crippen LogP contribution is -2.27. The zero-order valence-electron chi connectivity index (χ0n) is 14.6. The summed E-state index contributed by atoms with van der Waals surface area (Å²) in [5, 5.41) is 2.38. The summed E-state index contributed by atoms with van der Waals surface area (Å²) in [6.07, 6.45) is 1.80. The highest BCUT2D eigenvalue weighted by atomic mass is 32.1. The summed E-state index contributed by atoms with van der Waals surface area (Å²) in [4.78, 5) is 18.5. The number of furan rings is 1. The molecule has 0 spiro atoms. The van der Waals surface area contributed by atoms with Crippen molar-refractivity contribution in [2.75, 3.05) is 13.7 Å². The minimum Gasteiger partial charge on any atom is -0.464 e. The molecule has 3 aromatic heterocycles. The van der Waals surface area contributed by atoms with Gasteiger partial charge < -0.3 is 9.15 Å². The summed E-state index contributed by atoms with van der Waals surface area (Å²) in [5.74, 6) is 0.829. The van der Waals surface area contributed by atoms with Gasteiger partial charge in [-0.15, -0.1) is 11.3 Å². The molecule has 0 atom stereocenters. The molecule has 0 aliphatic carbocycles. The van der Waals surface area contributed by atoms with Crippen LogP contribution in [-0.4, -0.2) is 23.3 Å². The van der Waals surface area contributed by atoms with Crippen molar-refractivity contribution in [3.8, 4) is 11.3 Å². The second-order valence-electron chi connectivity index (χ2n) is 6.05. The van der Waals surface area contributed by atoms with Crippen LogP contribution in [-0.2, 0) is 17.7 Å². The molecule has 4 aromatic rings. The van der Waals surface area contributed by atoms with Crippen LogP contribution in [0.25, 0.3) is 21.5 Å². The Bertz CT molecular complexity index is 1130. The number of rotatable bonds is 6. The van der Waals surface area contributed by atoms with Gasteiger partial charge in [0.1, 0.15) is 22.2 Å². The van der Waals surface area contributed by atoms with Gasteiger partial charge in [0.2, 0.25) is 0 Å². The first-order valence-electron chi connectivity index (χ1n) is 8.46. The zero-order chi connectivity index (χ0) is 18.8. The molecule has 0 N–H and O–H groups in total. The second-order valence-corrected chi connectivity index (χ2v) is 6.91. The first-order chi connectivity index (χ1) is 13.2. The van der Waals surface area contributed by atoms with Crippen LogP contribution in [0, 0.1) is 5.82 Å². The maximum Gasteiger partial charge on any atom is 0.263 e. The third-order valence-electron chi connectivity index (χ3n) is 4.38. The van der Waals surface area contributed by atoms with Gasteiger partial charge in [0, 0.05) is 24.5 Å². The van der Waals surface area contributed by atoms with Crippen LogP contribution in [0.1, 0.15) is 11.4 Å². The lowest BCUT2D eigenvalue weighted by molar-refractivity contribution is 0.185. The number of benzene rings is 1. The Morgan fingerprint density at radius 2 is 2.11 bits per heavy atom. The van der Waals surface area contributed by atoms with Crippen LogP contribution in [0.15, 0.2) is 57.3 Å². The van der Waals surface area contributed by atoms with E-state index in [1.165, 1.54) is 17.4 Å². The van der Waals surface area contributed by atoms with Gasteiger partial charge in [-0.1, -0.05) is 18.2 Å². The molecule has 0 bridgehead atoms. The monoisotopic (exact) mass is 384 g/mol. The van der Waals surface area contributed by atoms with Gasteiger partial charge in [-0.05, 0) is 23.8 Å². The van der Waals surface area contributed by atoms with Gasteiger partial charge in [-0.25, -0.2) is 9.37 Å². The van der Waals surface area contributed by atoms with E-state index in [4.69, 9.17) is 9.15 Å². The van der Waals surface area contributed by atoms with Crippen LogP contribution in [0.2, 0.25) is 0 Å². The number of hydrogen-bond acceptors (Lipinski definition) is 5. The predicted molar refractivity (Wildman–Crippen MR) is 103 cm³/mol. The normalized spacial score (nSPS) is 11.3. The number of hydrogen-bond donors (Lipinski definition) is 0. The van der Waals surface area contributed by atoms with Crippen molar-refractivity contribution in [2.45, 2.75) is 13.0 Å². The number of thiophene rings is 1. The third-order valence-corrected chi connectivity index (χ3v) is 5.26. The molecule has 7 heteroatoms. The smallest absolute Gasteiger partial charge is 0.263 e. The Hall–Kier alpha value is -2.77. The highest BCUT2D eigenvalue weighted by Gasteiger charge is 2.19. The highest BCUT2D eigenvalue weighted by Crippen LogP contribution is 2.31. The lowest BCUT2D eigenvalue weighted by atomic mass is 10.1. The van der Waals surface area contributed by atoms with E-state index in [1.807, 2.05) is 11.4 Å². The SMILES string of the molecule is COCCn1c(Cc2ccccc2F)nc2scc(-c3ccco3)c2c1=O. The number of fused-ring (bicyclic) bond motifs is 1. The fourth-order valence-electron chi connectivity index (χ4n) is 3.04. The fraction of sp³-hybridized carbons (Fsp3) is 0.200. The lowest BCUT2D eigenvalue weighted by Gasteiger charge is -2.13. The van der Waals surface area contributed by atoms with E-state index in [9.17, 15) is 9.18 Å². The van der Waals surface area contributed by atoms with E-state index >= 15 is 0 Å². The second kappa shape index (κ2) is 7.46. The van der Waals surface area contributed by atoms with Gasteiger partial charge in [0.15, 0.2) is 0 Å². The van der Waals surface area contributed by atoms with Gasteiger partial charge in [-0.2, -0.15) is 0 Å². The van der Waals surface area contributed by atoms with Crippen LogP contribution < -0.4 is 5.56 Å². The van der Waals surface area contributed by atoms with Crippen molar-refractivity contribution in [1.82, 2.24) is 9.55 Å². The third kappa shape index (κ3) is 3.31. The molecule has 138 valence electrons. The number of ether oxygens (including phenoxy) is 1. The molecule has 1 aromatic carbocycles. The molecule has 0 saturated heterocycles. The largest absolute Gasteiger partial charge is 0.464 e. The van der Waals surface area contributed by atoms with Crippen molar-refractivity contribution >= 4 is 21.6 Å². The highest BCUT2D eigenvalue weighted by molar-refractivity contribution is 7.17. The Balaban J connectivity index is 1.88. The molecule has 0 saturated carbocycles. The molecule has 0 fully saturated rings. The Morgan fingerprint density at radius 1 is 1.26 bits per heavy atom. The van der Waals surface area contributed by atoms with Crippen LogP contribution in [0.4, 0.5) is 4.39 Å². The quantitative estimate of drug-likeness (QED) is 0.502. The van der Waals surface area contributed by atoms with E-state index in [1.54, 1.807) is 42.2 Å². The maximum atomic E-state index is 14.1. The molecule has 0 unspecified atom stereocenters. The van der Waals surface area contributed by atoms with Crippen LogP contribution in [0.5, 0.6) is 0 Å². The predicted octanol–water partition coefficient (Wildman–Crippen LogP) is 4.09. The summed E-state index contributed by atoms with van der Waals surface area (Å²) in [5.41, 5.74) is 1.05. The van der Waals surface area contributed by atoms with Gasteiger partial charge in [0.05, 0.1) is 24.8 Å². The minimum atomic E-state index is -0.312. The van der Waals surface area contributed by atoms with E-state index in [0.29, 0.717) is 40.5 Å². The van der Waals surface area contributed by atoms with Crippen LogP contribution >= 0.6 is 11.3 Å². The summed E-state index contributed by atoms with van der Waals surface area (Å²) >= 11 is 1.38. The minimum absolute atomic E-state index is 0.170. The Kier molecular flexibility index (Phi) is 4.87. The first-order valence-corrected chi connectivity index (χ1v) is 9.34. The fourth-order valence-corrected chi connectivity index (χ4v) is 3.98. The molecule has 4 rings (SSSR count). The molecular weight excluding hydrogens is 367 g/mol. The molecule has 0 radical (unpaired) electrons. The number of methoxy groups -OCH3 is 1. The molecule has 0 aliphatic rings. The van der Waals surface area contributed by atoms with Crippen molar-refractivity contribution in [1.29, 1.82) is 0 Å². The zero-order valence-corrected chi connectivity index (χ0v) is 15.5. The Morgan fingerprint density at radius 3 is 2.85 bits per heavy atom. The summed E-state index contributed by atoms with van der Waals surface area (Å²) in [6.45, 7) is 0.701. The molecule has 0 amide bonds. The molecular formula is C20H17FN2O3S. The van der Waals surface area contributed by atoms with Gasteiger partial charge >= 0.3 is 0 Å².